The highest BCUT2D eigenvalue weighted by atomic mass is 32.3. The van der Waals surface area contributed by atoms with Gasteiger partial charge in [0.05, 0.1) is 23.8 Å². The third-order valence-electron chi connectivity index (χ3n) is 1.93. The Morgan fingerprint density at radius 2 is 1.50 bits per heavy atom. The zero-order valence-corrected chi connectivity index (χ0v) is 11.2. The van der Waals surface area contributed by atoms with Gasteiger partial charge in [0.15, 0.2) is 0 Å². The van der Waals surface area contributed by atoms with Crippen LogP contribution in [0.4, 0.5) is 5.69 Å². The van der Waals surface area contributed by atoms with E-state index in [-0.39, 0.29) is 3.71 Å². The van der Waals surface area contributed by atoms with Crippen LogP contribution in [0, 0.1) is 0 Å². The highest BCUT2D eigenvalue weighted by Gasteiger charge is 2.30. The molecule has 0 radical (unpaired) electrons. The number of hydrogen-bond acceptors (Lipinski definition) is 5. The Morgan fingerprint density at radius 3 is 1.89 bits per heavy atom. The van der Waals surface area contributed by atoms with Crippen LogP contribution in [0.1, 0.15) is 10.4 Å². The van der Waals surface area contributed by atoms with Crippen LogP contribution in [-0.4, -0.2) is 40.4 Å². The maximum Gasteiger partial charge on any atom is 0.337 e. The molecule has 1 aromatic carbocycles. The van der Waals surface area contributed by atoms with Crippen molar-refractivity contribution in [2.45, 2.75) is 0 Å². The number of para-hydroxylation sites is 1. The summed E-state index contributed by atoms with van der Waals surface area (Å²) >= 11 is 0. The number of anilines is 1. The Labute approximate surface area is 105 Å². The van der Waals surface area contributed by atoms with E-state index in [0.29, 0.717) is 12.5 Å². The standard InChI is InChI=1S/C9H11NO6S2/c1-17(13,14)10(18(2,15)16)8-6-4-3-5-7(8)9(11)12/h3-6H,1-2H3,(H,11,12). The van der Waals surface area contributed by atoms with E-state index < -0.39 is 37.3 Å². The molecule has 0 fully saturated rings. The largest absolute Gasteiger partial charge is 0.478 e. The molecule has 0 aromatic heterocycles. The highest BCUT2D eigenvalue weighted by Crippen LogP contribution is 2.25. The third-order valence-corrected chi connectivity index (χ3v) is 5.16. The van der Waals surface area contributed by atoms with Crippen LogP contribution in [0.25, 0.3) is 0 Å². The van der Waals surface area contributed by atoms with Gasteiger partial charge in [-0.15, -0.1) is 0 Å². The molecule has 0 aliphatic heterocycles. The molecular formula is C9H11NO6S2. The van der Waals surface area contributed by atoms with Crippen molar-refractivity contribution in [2.24, 2.45) is 0 Å². The van der Waals surface area contributed by atoms with Gasteiger partial charge < -0.3 is 5.11 Å². The Kier molecular flexibility index (Phi) is 3.67. The van der Waals surface area contributed by atoms with Crippen molar-refractivity contribution >= 4 is 31.7 Å². The fraction of sp³-hybridized carbons (Fsp3) is 0.222. The summed E-state index contributed by atoms with van der Waals surface area (Å²) in [7, 11) is -8.30. The summed E-state index contributed by atoms with van der Waals surface area (Å²) in [5.74, 6) is -1.41. The molecule has 7 nitrogen and oxygen atoms in total. The minimum atomic E-state index is -4.15. The first kappa shape index (κ1) is 14.5. The van der Waals surface area contributed by atoms with Crippen molar-refractivity contribution in [3.8, 4) is 0 Å². The number of rotatable bonds is 4. The molecule has 0 spiro atoms. The third kappa shape index (κ3) is 2.99. The summed E-state index contributed by atoms with van der Waals surface area (Å²) in [6, 6.07) is 4.97. The Morgan fingerprint density at radius 1 is 1.06 bits per heavy atom. The summed E-state index contributed by atoms with van der Waals surface area (Å²) in [6.45, 7) is 0. The zero-order valence-electron chi connectivity index (χ0n) is 9.56. The van der Waals surface area contributed by atoms with Crippen molar-refractivity contribution in [2.75, 3.05) is 16.2 Å². The number of carboxylic acid groups (broad SMARTS) is 1. The van der Waals surface area contributed by atoms with Crippen molar-refractivity contribution < 1.29 is 26.7 Å². The van der Waals surface area contributed by atoms with Gasteiger partial charge in [-0.05, 0) is 12.1 Å². The molecule has 0 amide bonds. The van der Waals surface area contributed by atoms with Gasteiger partial charge in [-0.2, -0.15) is 3.71 Å². The van der Waals surface area contributed by atoms with Crippen LogP contribution < -0.4 is 3.71 Å². The van der Waals surface area contributed by atoms with Gasteiger partial charge in [0.2, 0.25) is 20.0 Å². The van der Waals surface area contributed by atoms with E-state index in [2.05, 4.69) is 0 Å². The summed E-state index contributed by atoms with van der Waals surface area (Å²) in [6.07, 6.45) is 1.37. The van der Waals surface area contributed by atoms with Crippen LogP contribution in [0.2, 0.25) is 0 Å². The fourth-order valence-electron chi connectivity index (χ4n) is 1.42. The van der Waals surface area contributed by atoms with Crippen molar-refractivity contribution in [1.29, 1.82) is 0 Å². The van der Waals surface area contributed by atoms with E-state index in [1.165, 1.54) is 12.1 Å². The van der Waals surface area contributed by atoms with E-state index in [9.17, 15) is 21.6 Å². The molecule has 18 heavy (non-hydrogen) atoms. The van der Waals surface area contributed by atoms with Crippen molar-refractivity contribution in [3.05, 3.63) is 29.8 Å². The van der Waals surface area contributed by atoms with Gasteiger partial charge in [0, 0.05) is 0 Å². The van der Waals surface area contributed by atoms with Crippen LogP contribution in [0.15, 0.2) is 24.3 Å². The van der Waals surface area contributed by atoms with Gasteiger partial charge in [-0.3, -0.25) is 0 Å². The van der Waals surface area contributed by atoms with Gasteiger partial charge >= 0.3 is 5.97 Å². The highest BCUT2D eigenvalue weighted by molar-refractivity contribution is 8.09. The summed E-state index contributed by atoms with van der Waals surface area (Å²) in [5.41, 5.74) is -0.816. The Bertz CT molecular complexity index is 645. The van der Waals surface area contributed by atoms with Crippen LogP contribution in [0.3, 0.4) is 0 Å². The molecule has 0 atom stereocenters. The maximum absolute atomic E-state index is 11.5. The fourth-order valence-corrected chi connectivity index (χ4v) is 4.42. The summed E-state index contributed by atoms with van der Waals surface area (Å²) in [4.78, 5) is 11.0. The minimum Gasteiger partial charge on any atom is -0.478 e. The topological polar surface area (TPSA) is 109 Å². The lowest BCUT2D eigenvalue weighted by molar-refractivity contribution is 0.0698. The smallest absolute Gasteiger partial charge is 0.337 e. The first-order valence-corrected chi connectivity index (χ1v) is 8.27. The molecule has 0 heterocycles. The summed E-state index contributed by atoms with van der Waals surface area (Å²) in [5, 5.41) is 8.93. The van der Waals surface area contributed by atoms with Gasteiger partial charge in [0.25, 0.3) is 0 Å². The number of carboxylic acids is 1. The molecule has 0 saturated heterocycles. The van der Waals surface area contributed by atoms with E-state index in [0.717, 1.165) is 12.1 Å². The van der Waals surface area contributed by atoms with Crippen LogP contribution in [-0.2, 0) is 20.0 Å². The SMILES string of the molecule is CS(=O)(=O)N(c1ccccc1C(=O)O)S(C)(=O)=O. The lowest BCUT2D eigenvalue weighted by Crippen LogP contribution is -2.36. The monoisotopic (exact) mass is 293 g/mol. The zero-order chi connectivity index (χ0) is 14.1. The number of aromatic carboxylic acids is 1. The van der Waals surface area contributed by atoms with E-state index in [1.807, 2.05) is 0 Å². The Hall–Kier alpha value is -1.61. The number of carbonyl (C=O) groups is 1. The second-order valence-corrected chi connectivity index (χ2v) is 7.44. The van der Waals surface area contributed by atoms with Crippen LogP contribution in [0.5, 0.6) is 0 Å². The molecule has 100 valence electrons. The number of nitrogens with zero attached hydrogens (tertiary/aromatic N) is 1. The summed E-state index contributed by atoms with van der Waals surface area (Å²) < 4.78 is 46.1. The first-order valence-electron chi connectivity index (χ1n) is 4.58. The number of sulfonamides is 2. The van der Waals surface area contributed by atoms with Crippen LogP contribution >= 0.6 is 0 Å². The predicted molar refractivity (Wildman–Crippen MR) is 65.6 cm³/mol. The average Bonchev–Trinajstić information content (AvgIpc) is 2.13. The van der Waals surface area contributed by atoms with E-state index >= 15 is 0 Å². The molecule has 1 aromatic rings. The number of benzene rings is 1. The van der Waals surface area contributed by atoms with E-state index in [1.54, 1.807) is 0 Å². The average molecular weight is 293 g/mol. The molecule has 1 rings (SSSR count). The predicted octanol–water partition coefficient (Wildman–Crippen LogP) is 0.110. The molecule has 0 saturated carbocycles. The molecule has 9 heteroatoms. The molecule has 0 aliphatic carbocycles. The van der Waals surface area contributed by atoms with Gasteiger partial charge in [-0.25, -0.2) is 21.6 Å². The quantitative estimate of drug-likeness (QED) is 0.844. The lowest BCUT2D eigenvalue weighted by Gasteiger charge is -2.21. The molecule has 0 aliphatic rings. The molecule has 0 unspecified atom stereocenters. The van der Waals surface area contributed by atoms with Crippen molar-refractivity contribution in [3.63, 3.8) is 0 Å². The second-order valence-electron chi connectivity index (χ2n) is 3.55. The van der Waals surface area contributed by atoms with Gasteiger partial charge in [-0.1, -0.05) is 12.1 Å². The number of hydrogen-bond donors (Lipinski definition) is 1. The molecule has 1 N–H and O–H groups in total. The normalized spacial score (nSPS) is 12.1. The molecule has 0 bridgehead atoms. The van der Waals surface area contributed by atoms with Crippen molar-refractivity contribution in [1.82, 2.24) is 0 Å². The van der Waals surface area contributed by atoms with Gasteiger partial charge in [0.1, 0.15) is 0 Å². The molecular weight excluding hydrogens is 282 g/mol. The lowest BCUT2D eigenvalue weighted by atomic mass is 10.2. The minimum absolute atomic E-state index is 0.101. The van der Waals surface area contributed by atoms with E-state index in [4.69, 9.17) is 5.11 Å². The Balaban J connectivity index is 3.66. The maximum atomic E-state index is 11.5. The second kappa shape index (κ2) is 4.58. The first-order chi connectivity index (χ1) is 8.05.